The third-order valence-electron chi connectivity index (χ3n) is 3.33. The van der Waals surface area contributed by atoms with Gasteiger partial charge in [0.2, 0.25) is 0 Å². The Morgan fingerprint density at radius 2 is 2.04 bits per heavy atom. The molecule has 1 amide bonds. The van der Waals surface area contributed by atoms with E-state index in [-0.39, 0.29) is 5.91 Å². The van der Waals surface area contributed by atoms with Gasteiger partial charge in [-0.05, 0) is 26.0 Å². The number of carbonyl (C=O) groups is 1. The van der Waals surface area contributed by atoms with Crippen molar-refractivity contribution in [2.45, 2.75) is 20.4 Å². The molecule has 0 fully saturated rings. The first-order valence-electron chi connectivity index (χ1n) is 7.66. The van der Waals surface area contributed by atoms with Crippen molar-refractivity contribution in [1.82, 2.24) is 25.9 Å². The second-order valence-corrected chi connectivity index (χ2v) is 6.39. The third kappa shape index (κ3) is 5.31. The summed E-state index contributed by atoms with van der Waals surface area (Å²) in [5.74, 6) is 0.540. The fourth-order valence-corrected chi connectivity index (χ4v) is 2.82. The molecule has 2 rings (SSSR count). The summed E-state index contributed by atoms with van der Waals surface area (Å²) < 4.78 is 0. The lowest BCUT2D eigenvalue weighted by molar-refractivity contribution is 0.0954. The first-order chi connectivity index (χ1) is 11.6. The van der Waals surface area contributed by atoms with Crippen LogP contribution in [0.1, 0.15) is 25.9 Å². The van der Waals surface area contributed by atoms with E-state index in [1.807, 2.05) is 6.92 Å². The van der Waals surface area contributed by atoms with Crippen LogP contribution in [0, 0.1) is 13.8 Å². The third-order valence-corrected chi connectivity index (χ3v) is 4.40. The van der Waals surface area contributed by atoms with E-state index in [1.54, 1.807) is 42.9 Å². The zero-order chi connectivity index (χ0) is 17.4. The Bertz CT molecular complexity index is 678. The zero-order valence-electron chi connectivity index (χ0n) is 14.1. The van der Waals surface area contributed by atoms with Crippen molar-refractivity contribution in [2.75, 3.05) is 20.1 Å². The molecule has 7 nitrogen and oxygen atoms in total. The Hall–Kier alpha value is -2.48. The van der Waals surface area contributed by atoms with E-state index in [0.717, 1.165) is 10.7 Å². The number of guanidine groups is 1. The van der Waals surface area contributed by atoms with Crippen molar-refractivity contribution >= 4 is 23.2 Å². The number of nitrogens with one attached hydrogen (secondary N) is 3. The van der Waals surface area contributed by atoms with Gasteiger partial charge in [-0.25, -0.2) is 4.98 Å². The molecule has 0 aliphatic carbocycles. The van der Waals surface area contributed by atoms with E-state index in [0.29, 0.717) is 31.2 Å². The van der Waals surface area contributed by atoms with Gasteiger partial charge in [-0.1, -0.05) is 0 Å². The molecule has 128 valence electrons. The lowest BCUT2D eigenvalue weighted by atomic mass is 10.3. The van der Waals surface area contributed by atoms with Gasteiger partial charge in [-0.15, -0.1) is 11.3 Å². The van der Waals surface area contributed by atoms with Crippen molar-refractivity contribution in [2.24, 2.45) is 4.99 Å². The maximum atomic E-state index is 11.9. The average Bonchev–Trinajstić information content (AvgIpc) is 2.93. The molecule has 0 atom stereocenters. The smallest absolute Gasteiger partial charge is 0.252 e. The van der Waals surface area contributed by atoms with Crippen LogP contribution in [-0.2, 0) is 6.54 Å². The summed E-state index contributed by atoms with van der Waals surface area (Å²) in [6.45, 7) is 5.76. The van der Waals surface area contributed by atoms with Crippen molar-refractivity contribution in [1.29, 1.82) is 0 Å². The number of pyridine rings is 1. The second kappa shape index (κ2) is 8.97. The minimum absolute atomic E-state index is 0.137. The summed E-state index contributed by atoms with van der Waals surface area (Å²) in [4.78, 5) is 25.7. The number of rotatable bonds is 6. The summed E-state index contributed by atoms with van der Waals surface area (Å²) >= 11 is 1.68. The Morgan fingerprint density at radius 3 is 2.67 bits per heavy atom. The van der Waals surface area contributed by atoms with E-state index in [1.165, 1.54) is 4.88 Å². The molecule has 0 radical (unpaired) electrons. The summed E-state index contributed by atoms with van der Waals surface area (Å²) in [6.07, 6.45) is 3.18. The fourth-order valence-electron chi connectivity index (χ4n) is 1.95. The lowest BCUT2D eigenvalue weighted by Crippen LogP contribution is -2.41. The first kappa shape index (κ1) is 17.9. The minimum atomic E-state index is -0.137. The molecule has 0 bridgehead atoms. The first-order valence-corrected chi connectivity index (χ1v) is 8.47. The molecule has 0 unspecified atom stereocenters. The van der Waals surface area contributed by atoms with Crippen LogP contribution >= 0.6 is 11.3 Å². The van der Waals surface area contributed by atoms with Gasteiger partial charge in [0.25, 0.3) is 5.91 Å². The van der Waals surface area contributed by atoms with E-state index in [2.05, 4.69) is 37.8 Å². The molecule has 0 spiro atoms. The number of aromatic nitrogens is 2. The highest BCUT2D eigenvalue weighted by atomic mass is 32.1. The van der Waals surface area contributed by atoms with Gasteiger partial charge < -0.3 is 16.0 Å². The second-order valence-electron chi connectivity index (χ2n) is 5.10. The molecule has 2 aromatic rings. The Labute approximate surface area is 145 Å². The molecule has 0 aliphatic heterocycles. The topological polar surface area (TPSA) is 91.3 Å². The SMILES string of the molecule is CN=C(NCCNC(=O)c1cccnc1)NCc1nc(C)c(C)s1. The lowest BCUT2D eigenvalue weighted by Gasteiger charge is -2.11. The Morgan fingerprint density at radius 1 is 1.25 bits per heavy atom. The molecular weight excluding hydrogens is 324 g/mol. The molecule has 0 saturated heterocycles. The van der Waals surface area contributed by atoms with E-state index in [4.69, 9.17) is 0 Å². The van der Waals surface area contributed by atoms with Crippen LogP contribution in [0.4, 0.5) is 0 Å². The highest BCUT2D eigenvalue weighted by molar-refractivity contribution is 7.11. The average molecular weight is 346 g/mol. The Kier molecular flexibility index (Phi) is 6.68. The van der Waals surface area contributed by atoms with Gasteiger partial charge in [0.05, 0.1) is 17.8 Å². The molecule has 2 heterocycles. The Balaban J connectivity index is 1.69. The standard InChI is InChI=1S/C16H22N6OS/c1-11-12(2)24-14(22-11)10-21-16(17-3)20-8-7-19-15(23)13-5-4-6-18-9-13/h4-6,9H,7-8,10H2,1-3H3,(H,19,23)(H2,17,20,21). The molecule has 0 aromatic carbocycles. The molecule has 0 aliphatic rings. The van der Waals surface area contributed by atoms with E-state index < -0.39 is 0 Å². The summed E-state index contributed by atoms with van der Waals surface area (Å²) in [5, 5.41) is 10.2. The number of carbonyl (C=O) groups excluding carboxylic acids is 1. The molecule has 0 saturated carbocycles. The zero-order valence-corrected chi connectivity index (χ0v) is 14.9. The van der Waals surface area contributed by atoms with Crippen LogP contribution in [0.2, 0.25) is 0 Å². The molecule has 2 aromatic heterocycles. The predicted molar refractivity (Wildman–Crippen MR) is 96.4 cm³/mol. The van der Waals surface area contributed by atoms with Crippen molar-refractivity contribution in [3.8, 4) is 0 Å². The van der Waals surface area contributed by atoms with Crippen LogP contribution in [0.5, 0.6) is 0 Å². The van der Waals surface area contributed by atoms with Crippen LogP contribution < -0.4 is 16.0 Å². The number of aliphatic imine (C=N–C) groups is 1. The normalized spacial score (nSPS) is 11.2. The molecule has 24 heavy (non-hydrogen) atoms. The van der Waals surface area contributed by atoms with Crippen LogP contribution in [-0.4, -0.2) is 42.0 Å². The number of aryl methyl sites for hydroxylation is 2. The maximum Gasteiger partial charge on any atom is 0.252 e. The van der Waals surface area contributed by atoms with Gasteiger partial charge in [0.1, 0.15) is 5.01 Å². The monoisotopic (exact) mass is 346 g/mol. The van der Waals surface area contributed by atoms with E-state index >= 15 is 0 Å². The van der Waals surface area contributed by atoms with Gasteiger partial charge >= 0.3 is 0 Å². The highest BCUT2D eigenvalue weighted by Gasteiger charge is 2.06. The quantitative estimate of drug-likeness (QED) is 0.416. The van der Waals surface area contributed by atoms with Crippen molar-refractivity contribution < 1.29 is 4.79 Å². The van der Waals surface area contributed by atoms with Crippen molar-refractivity contribution in [3.05, 3.63) is 45.7 Å². The fraction of sp³-hybridized carbons (Fsp3) is 0.375. The molecule has 8 heteroatoms. The van der Waals surface area contributed by atoms with Gasteiger partial charge in [-0.3, -0.25) is 14.8 Å². The number of hydrogen-bond acceptors (Lipinski definition) is 5. The molecule has 3 N–H and O–H groups in total. The number of hydrogen-bond donors (Lipinski definition) is 3. The van der Waals surface area contributed by atoms with Gasteiger partial charge in [0.15, 0.2) is 5.96 Å². The number of amides is 1. The minimum Gasteiger partial charge on any atom is -0.355 e. The number of nitrogens with zero attached hydrogens (tertiary/aromatic N) is 3. The summed E-state index contributed by atoms with van der Waals surface area (Å²) in [5.41, 5.74) is 1.62. The molecular formula is C16H22N6OS. The van der Waals surface area contributed by atoms with E-state index in [9.17, 15) is 4.79 Å². The van der Waals surface area contributed by atoms with Crippen LogP contribution in [0.25, 0.3) is 0 Å². The summed E-state index contributed by atoms with van der Waals surface area (Å²) in [7, 11) is 1.71. The van der Waals surface area contributed by atoms with Gasteiger partial charge in [-0.2, -0.15) is 0 Å². The summed E-state index contributed by atoms with van der Waals surface area (Å²) in [6, 6.07) is 3.47. The van der Waals surface area contributed by atoms with Crippen molar-refractivity contribution in [3.63, 3.8) is 0 Å². The largest absolute Gasteiger partial charge is 0.355 e. The van der Waals surface area contributed by atoms with Crippen LogP contribution in [0.15, 0.2) is 29.5 Å². The predicted octanol–water partition coefficient (Wildman–Crippen LogP) is 1.25. The van der Waals surface area contributed by atoms with Gasteiger partial charge in [0, 0.05) is 37.4 Å². The maximum absolute atomic E-state index is 11.9. The number of thiazole rings is 1. The highest BCUT2D eigenvalue weighted by Crippen LogP contribution is 2.15. The van der Waals surface area contributed by atoms with Crippen LogP contribution in [0.3, 0.4) is 0 Å².